The smallest absolute Gasteiger partial charge is 0.222 e. The number of rotatable bonds is 3. The fourth-order valence-electron chi connectivity index (χ4n) is 1.25. The maximum Gasteiger partial charge on any atom is 0.222 e. The van der Waals surface area contributed by atoms with Crippen molar-refractivity contribution in [2.24, 2.45) is 0 Å². The van der Waals surface area contributed by atoms with Gasteiger partial charge < -0.3 is 5.32 Å². The van der Waals surface area contributed by atoms with Crippen LogP contribution in [0.15, 0.2) is 36.7 Å². The highest BCUT2D eigenvalue weighted by atomic mass is 35.5. The van der Waals surface area contributed by atoms with E-state index in [1.54, 1.807) is 24.5 Å². The summed E-state index contributed by atoms with van der Waals surface area (Å²) < 4.78 is 0. The van der Waals surface area contributed by atoms with E-state index in [-0.39, 0.29) is 0 Å². The summed E-state index contributed by atoms with van der Waals surface area (Å²) in [5, 5.41) is 4.18. The Hall–Kier alpha value is -1.32. The SMILES string of the molecule is Clc1cccc(CNc2ncccn2)c1Cl. The molecule has 0 aliphatic rings. The average molecular weight is 254 g/mol. The Morgan fingerprint density at radius 3 is 2.56 bits per heavy atom. The van der Waals surface area contributed by atoms with Gasteiger partial charge >= 0.3 is 0 Å². The molecule has 0 atom stereocenters. The van der Waals surface area contributed by atoms with Gasteiger partial charge in [0.05, 0.1) is 10.0 Å². The van der Waals surface area contributed by atoms with Crippen molar-refractivity contribution >= 4 is 29.2 Å². The lowest BCUT2D eigenvalue weighted by Gasteiger charge is -2.07. The Balaban J connectivity index is 2.08. The molecule has 1 N–H and O–H groups in total. The first kappa shape index (κ1) is 11.2. The summed E-state index contributed by atoms with van der Waals surface area (Å²) in [5.74, 6) is 0.568. The monoisotopic (exact) mass is 253 g/mol. The Morgan fingerprint density at radius 1 is 1.06 bits per heavy atom. The quantitative estimate of drug-likeness (QED) is 0.912. The van der Waals surface area contributed by atoms with Crippen molar-refractivity contribution in [2.45, 2.75) is 6.54 Å². The fraction of sp³-hybridized carbons (Fsp3) is 0.0909. The zero-order valence-electron chi connectivity index (χ0n) is 8.32. The number of halogens is 2. The van der Waals surface area contributed by atoms with Crippen LogP contribution in [-0.4, -0.2) is 9.97 Å². The molecule has 3 nitrogen and oxygen atoms in total. The molecule has 1 heterocycles. The van der Waals surface area contributed by atoms with Crippen LogP contribution in [0.4, 0.5) is 5.95 Å². The summed E-state index contributed by atoms with van der Waals surface area (Å²) in [7, 11) is 0. The van der Waals surface area contributed by atoms with Crippen LogP contribution in [-0.2, 0) is 6.54 Å². The predicted molar refractivity (Wildman–Crippen MR) is 65.8 cm³/mol. The Bertz CT molecular complexity index is 474. The average Bonchev–Trinajstić information content (AvgIpc) is 2.32. The number of benzene rings is 1. The second-order valence-corrected chi connectivity index (χ2v) is 3.92. The van der Waals surface area contributed by atoms with Crippen LogP contribution in [0.3, 0.4) is 0 Å². The van der Waals surface area contributed by atoms with Crippen molar-refractivity contribution in [1.82, 2.24) is 9.97 Å². The van der Waals surface area contributed by atoms with Crippen LogP contribution in [0.5, 0.6) is 0 Å². The van der Waals surface area contributed by atoms with Crippen LogP contribution in [0, 0.1) is 0 Å². The van der Waals surface area contributed by atoms with Crippen molar-refractivity contribution in [1.29, 1.82) is 0 Å². The molecule has 0 aliphatic heterocycles. The molecule has 0 saturated heterocycles. The van der Waals surface area contributed by atoms with E-state index in [9.17, 15) is 0 Å². The lowest BCUT2D eigenvalue weighted by Crippen LogP contribution is -2.03. The predicted octanol–water partition coefficient (Wildman–Crippen LogP) is 3.40. The molecule has 1 aromatic heterocycles. The molecule has 5 heteroatoms. The van der Waals surface area contributed by atoms with Crippen LogP contribution >= 0.6 is 23.2 Å². The lowest BCUT2D eigenvalue weighted by atomic mass is 10.2. The van der Waals surface area contributed by atoms with Crippen molar-refractivity contribution in [3.63, 3.8) is 0 Å². The van der Waals surface area contributed by atoms with E-state index in [2.05, 4.69) is 15.3 Å². The van der Waals surface area contributed by atoms with Crippen LogP contribution < -0.4 is 5.32 Å². The molecular formula is C11H9Cl2N3. The zero-order valence-corrected chi connectivity index (χ0v) is 9.83. The third-order valence-electron chi connectivity index (χ3n) is 2.03. The summed E-state index contributed by atoms with van der Waals surface area (Å²) in [6.07, 6.45) is 3.35. The molecule has 0 aliphatic carbocycles. The molecule has 2 rings (SSSR count). The van der Waals surface area contributed by atoms with E-state index < -0.39 is 0 Å². The molecule has 0 spiro atoms. The number of aromatic nitrogens is 2. The summed E-state index contributed by atoms with van der Waals surface area (Å²) in [5.41, 5.74) is 0.918. The Morgan fingerprint density at radius 2 is 1.81 bits per heavy atom. The van der Waals surface area contributed by atoms with Gasteiger partial charge in [-0.15, -0.1) is 0 Å². The molecule has 82 valence electrons. The van der Waals surface area contributed by atoms with Gasteiger partial charge in [0.15, 0.2) is 0 Å². The summed E-state index contributed by atoms with van der Waals surface area (Å²) in [4.78, 5) is 8.10. The van der Waals surface area contributed by atoms with Gasteiger partial charge in [-0.1, -0.05) is 35.3 Å². The van der Waals surface area contributed by atoms with Crippen LogP contribution in [0.1, 0.15) is 5.56 Å². The minimum atomic E-state index is 0.545. The van der Waals surface area contributed by atoms with Gasteiger partial charge in [-0.05, 0) is 17.7 Å². The highest BCUT2D eigenvalue weighted by molar-refractivity contribution is 6.42. The molecule has 0 fully saturated rings. The molecule has 0 amide bonds. The molecule has 16 heavy (non-hydrogen) atoms. The summed E-state index contributed by atoms with van der Waals surface area (Å²) in [6, 6.07) is 7.28. The van der Waals surface area contributed by atoms with Gasteiger partial charge in [0.1, 0.15) is 0 Å². The zero-order chi connectivity index (χ0) is 11.4. The van der Waals surface area contributed by atoms with E-state index in [0.717, 1.165) is 5.56 Å². The van der Waals surface area contributed by atoms with Gasteiger partial charge in [0.25, 0.3) is 0 Å². The van der Waals surface area contributed by atoms with Crippen LogP contribution in [0.25, 0.3) is 0 Å². The minimum Gasteiger partial charge on any atom is -0.350 e. The van der Waals surface area contributed by atoms with E-state index in [1.807, 2.05) is 12.1 Å². The third kappa shape index (κ3) is 2.62. The molecular weight excluding hydrogens is 245 g/mol. The van der Waals surface area contributed by atoms with Crippen molar-refractivity contribution in [3.05, 3.63) is 52.3 Å². The second kappa shape index (κ2) is 5.14. The minimum absolute atomic E-state index is 0.545. The van der Waals surface area contributed by atoms with Gasteiger partial charge in [-0.3, -0.25) is 0 Å². The van der Waals surface area contributed by atoms with Gasteiger partial charge in [0, 0.05) is 18.9 Å². The van der Waals surface area contributed by atoms with E-state index in [1.165, 1.54) is 0 Å². The summed E-state index contributed by atoms with van der Waals surface area (Å²) >= 11 is 12.0. The van der Waals surface area contributed by atoms with Crippen LogP contribution in [0.2, 0.25) is 10.0 Å². The van der Waals surface area contributed by atoms with E-state index in [4.69, 9.17) is 23.2 Å². The van der Waals surface area contributed by atoms with Crippen molar-refractivity contribution in [2.75, 3.05) is 5.32 Å². The Kier molecular flexibility index (Phi) is 3.59. The molecule has 0 bridgehead atoms. The fourth-order valence-corrected chi connectivity index (χ4v) is 1.64. The number of hydrogen-bond acceptors (Lipinski definition) is 3. The third-order valence-corrected chi connectivity index (χ3v) is 2.89. The lowest BCUT2D eigenvalue weighted by molar-refractivity contribution is 1.05. The molecule has 0 radical (unpaired) electrons. The maximum absolute atomic E-state index is 6.05. The first-order chi connectivity index (χ1) is 7.77. The Labute approximate surface area is 103 Å². The second-order valence-electron chi connectivity index (χ2n) is 3.14. The normalized spacial score (nSPS) is 10.1. The van der Waals surface area contributed by atoms with Gasteiger partial charge in [-0.25, -0.2) is 9.97 Å². The van der Waals surface area contributed by atoms with Gasteiger partial charge in [-0.2, -0.15) is 0 Å². The largest absolute Gasteiger partial charge is 0.350 e. The first-order valence-electron chi connectivity index (χ1n) is 4.71. The maximum atomic E-state index is 6.05. The first-order valence-corrected chi connectivity index (χ1v) is 5.47. The molecule has 0 unspecified atom stereocenters. The summed E-state index contributed by atoms with van der Waals surface area (Å²) in [6.45, 7) is 0.545. The molecule has 2 aromatic rings. The van der Waals surface area contributed by atoms with Crippen molar-refractivity contribution in [3.8, 4) is 0 Å². The number of hydrogen-bond donors (Lipinski definition) is 1. The highest BCUT2D eigenvalue weighted by Gasteiger charge is 2.04. The molecule has 1 aromatic carbocycles. The van der Waals surface area contributed by atoms with E-state index >= 15 is 0 Å². The number of nitrogens with zero attached hydrogens (tertiary/aromatic N) is 2. The molecule has 0 saturated carbocycles. The standard InChI is InChI=1S/C11H9Cl2N3/c12-9-4-1-3-8(10(9)13)7-16-11-14-5-2-6-15-11/h1-6H,7H2,(H,14,15,16). The number of anilines is 1. The number of nitrogens with one attached hydrogen (secondary N) is 1. The van der Waals surface area contributed by atoms with E-state index in [0.29, 0.717) is 22.5 Å². The van der Waals surface area contributed by atoms with Gasteiger partial charge in [0.2, 0.25) is 5.95 Å². The van der Waals surface area contributed by atoms with Crippen molar-refractivity contribution < 1.29 is 0 Å². The topological polar surface area (TPSA) is 37.8 Å². The highest BCUT2D eigenvalue weighted by Crippen LogP contribution is 2.25.